The van der Waals surface area contributed by atoms with Gasteiger partial charge in [-0.05, 0) is 12.3 Å². The van der Waals surface area contributed by atoms with Crippen LogP contribution in [0.5, 0.6) is 0 Å². The number of aliphatic hydroxyl groups is 1. The molecule has 0 amide bonds. The van der Waals surface area contributed by atoms with Crippen LogP contribution in [0.25, 0.3) is 0 Å². The molecule has 0 aliphatic heterocycles. The molecule has 0 saturated heterocycles. The third-order valence-electron chi connectivity index (χ3n) is 0.545. The Morgan fingerprint density at radius 2 is 2.12 bits per heavy atom. The first-order chi connectivity index (χ1) is 6.35. The van der Waals surface area contributed by atoms with Gasteiger partial charge in [-0.3, -0.25) is 0 Å². The molecule has 50 valence electrons. The zero-order valence-corrected chi connectivity index (χ0v) is 5.10. The van der Waals surface area contributed by atoms with Crippen LogP contribution in [-0.4, -0.2) is 11.7 Å². The fraction of sp³-hybridized carbons (Fsp3) is 1.00. The standard InChI is InChI=1S/C7H16O/c1-7(2)5-3-4-6-8/h7-8H,3-6H2,1-2H3/i3D2,4D2,5D,6D2. The first kappa shape index (κ1) is 1.98. The highest BCUT2D eigenvalue weighted by atomic mass is 16.2. The highest BCUT2D eigenvalue weighted by Crippen LogP contribution is 2.04. The van der Waals surface area contributed by atoms with Crippen molar-refractivity contribution in [2.45, 2.75) is 33.0 Å². The average molecular weight is 123 g/mol. The zero-order valence-electron chi connectivity index (χ0n) is 12.1. The maximum atomic E-state index is 8.95. The predicted molar refractivity (Wildman–Crippen MR) is 35.8 cm³/mol. The smallest absolute Gasteiger partial charge is 0.0564 e. The van der Waals surface area contributed by atoms with E-state index in [1.54, 1.807) is 13.8 Å². The molecule has 1 atom stereocenters. The highest BCUT2D eigenvalue weighted by molar-refractivity contribution is 4.44. The Hall–Kier alpha value is -0.0400. The monoisotopic (exact) mass is 123 g/mol. The van der Waals surface area contributed by atoms with Crippen molar-refractivity contribution in [1.82, 2.24) is 0 Å². The van der Waals surface area contributed by atoms with E-state index in [1.165, 1.54) is 0 Å². The van der Waals surface area contributed by atoms with Gasteiger partial charge in [0, 0.05) is 13.4 Å². The minimum atomic E-state index is -3.31. The minimum Gasteiger partial charge on any atom is -0.396 e. The highest BCUT2D eigenvalue weighted by Gasteiger charge is 1.91. The van der Waals surface area contributed by atoms with Crippen molar-refractivity contribution >= 4 is 0 Å². The van der Waals surface area contributed by atoms with Gasteiger partial charge in [0.05, 0.1) is 2.74 Å². The molecule has 0 rings (SSSR count). The molecule has 0 aliphatic rings. The number of rotatable bonds is 4. The number of hydrogen-bond acceptors (Lipinski definition) is 1. The van der Waals surface area contributed by atoms with Gasteiger partial charge in [-0.25, -0.2) is 0 Å². The Bertz CT molecular complexity index is 220. The Labute approximate surface area is 61.6 Å². The van der Waals surface area contributed by atoms with Crippen molar-refractivity contribution in [2.24, 2.45) is 5.92 Å². The van der Waals surface area contributed by atoms with Crippen LogP contribution in [0.15, 0.2) is 0 Å². The van der Waals surface area contributed by atoms with Crippen LogP contribution in [0.2, 0.25) is 0 Å². The lowest BCUT2D eigenvalue weighted by molar-refractivity contribution is 0.280. The van der Waals surface area contributed by atoms with E-state index in [9.17, 15) is 0 Å². The molecule has 0 radical (unpaired) electrons. The molecule has 1 heteroatoms. The van der Waals surface area contributed by atoms with Crippen molar-refractivity contribution in [3.8, 4) is 0 Å². The van der Waals surface area contributed by atoms with E-state index in [2.05, 4.69) is 0 Å². The quantitative estimate of drug-likeness (QED) is 0.604. The second-order valence-electron chi connectivity index (χ2n) is 1.79. The molecular formula is C7H16O. The summed E-state index contributed by atoms with van der Waals surface area (Å²) in [6.45, 7) is -0.234. The molecular weight excluding hydrogens is 100 g/mol. The average Bonchev–Trinajstić information content (AvgIpc) is 2.00. The van der Waals surface area contributed by atoms with Gasteiger partial charge in [0.1, 0.15) is 0 Å². The van der Waals surface area contributed by atoms with E-state index in [1.807, 2.05) is 0 Å². The first-order valence-electron chi connectivity index (χ1n) is 6.08. The van der Waals surface area contributed by atoms with Gasteiger partial charge in [0.15, 0.2) is 0 Å². The van der Waals surface area contributed by atoms with Crippen LogP contribution in [0.3, 0.4) is 0 Å². The molecule has 1 nitrogen and oxygen atoms in total. The molecule has 0 fully saturated rings. The Kier molecular flexibility index (Phi) is 1.26. The van der Waals surface area contributed by atoms with Crippen molar-refractivity contribution in [3.63, 3.8) is 0 Å². The van der Waals surface area contributed by atoms with Crippen molar-refractivity contribution in [3.05, 3.63) is 0 Å². The van der Waals surface area contributed by atoms with E-state index in [-0.39, 0.29) is 0 Å². The van der Waals surface area contributed by atoms with Crippen LogP contribution < -0.4 is 0 Å². The molecule has 0 heterocycles. The summed E-state index contributed by atoms with van der Waals surface area (Å²) in [4.78, 5) is 0. The third-order valence-corrected chi connectivity index (χ3v) is 0.545. The molecule has 0 aromatic carbocycles. The summed E-state index contributed by atoms with van der Waals surface area (Å²) < 4.78 is 50.5. The lowest BCUT2D eigenvalue weighted by Crippen LogP contribution is -1.88. The van der Waals surface area contributed by atoms with E-state index < -0.39 is 31.6 Å². The first-order valence-corrected chi connectivity index (χ1v) is 2.50. The molecule has 8 heavy (non-hydrogen) atoms. The van der Waals surface area contributed by atoms with Gasteiger partial charge in [-0.2, -0.15) is 0 Å². The summed E-state index contributed by atoms with van der Waals surface area (Å²) in [6.07, 6.45) is -7.34. The lowest BCUT2D eigenvalue weighted by Gasteiger charge is -2.00. The van der Waals surface area contributed by atoms with Crippen LogP contribution in [0.4, 0.5) is 0 Å². The van der Waals surface area contributed by atoms with Gasteiger partial charge in [-0.15, -0.1) is 0 Å². The van der Waals surface area contributed by atoms with Crippen LogP contribution in [0, 0.1) is 5.92 Å². The van der Waals surface area contributed by atoms with E-state index in [0.29, 0.717) is 0 Å². The van der Waals surface area contributed by atoms with E-state index >= 15 is 0 Å². The zero-order chi connectivity index (χ0) is 12.7. The van der Waals surface area contributed by atoms with Gasteiger partial charge in [0.25, 0.3) is 0 Å². The molecule has 0 aromatic rings. The van der Waals surface area contributed by atoms with Gasteiger partial charge in [-0.1, -0.05) is 26.6 Å². The number of hydrogen-bond donors (Lipinski definition) is 1. The molecule has 0 bridgehead atoms. The summed E-state index contributed by atoms with van der Waals surface area (Å²) in [5.74, 6) is -0.475. The fourth-order valence-corrected chi connectivity index (χ4v) is 0.241. The Morgan fingerprint density at radius 1 is 1.50 bits per heavy atom. The SMILES string of the molecule is [2H]C(C(C)C)C([2H])([2H])C([2H])([2H])C([2H])([2H])O. The molecule has 0 saturated carbocycles. The Morgan fingerprint density at radius 3 is 2.50 bits per heavy atom. The molecule has 0 aliphatic carbocycles. The maximum Gasteiger partial charge on any atom is 0.0564 e. The second kappa shape index (κ2) is 5.10. The fourth-order valence-electron chi connectivity index (χ4n) is 0.241. The predicted octanol–water partition coefficient (Wildman–Crippen LogP) is 1.81. The molecule has 1 N–H and O–H groups in total. The second-order valence-corrected chi connectivity index (χ2v) is 1.79. The largest absolute Gasteiger partial charge is 0.396 e. The van der Waals surface area contributed by atoms with Crippen LogP contribution in [-0.2, 0) is 0 Å². The molecule has 0 spiro atoms. The molecule has 0 aromatic heterocycles. The molecule has 1 unspecified atom stereocenters. The normalized spacial score (nSPS) is 32.8. The minimum absolute atomic E-state index is 0.475. The summed E-state index contributed by atoms with van der Waals surface area (Å²) in [5, 5.41) is 8.95. The lowest BCUT2D eigenvalue weighted by atomic mass is 10.1. The summed E-state index contributed by atoms with van der Waals surface area (Å²) >= 11 is 0. The summed E-state index contributed by atoms with van der Waals surface area (Å²) in [6, 6.07) is 0. The van der Waals surface area contributed by atoms with Gasteiger partial charge >= 0.3 is 0 Å². The topological polar surface area (TPSA) is 20.2 Å². The van der Waals surface area contributed by atoms with Gasteiger partial charge in [0.2, 0.25) is 0 Å². The van der Waals surface area contributed by atoms with Crippen LogP contribution >= 0.6 is 0 Å². The summed E-state index contributed by atoms with van der Waals surface area (Å²) in [5.41, 5.74) is 0. The van der Waals surface area contributed by atoms with E-state index in [4.69, 9.17) is 14.7 Å². The van der Waals surface area contributed by atoms with Crippen molar-refractivity contribution in [2.75, 3.05) is 6.56 Å². The van der Waals surface area contributed by atoms with E-state index in [0.717, 1.165) is 0 Å². The van der Waals surface area contributed by atoms with Gasteiger partial charge < -0.3 is 5.11 Å². The Balaban J connectivity index is 5.19. The van der Waals surface area contributed by atoms with Crippen molar-refractivity contribution in [1.29, 1.82) is 0 Å². The van der Waals surface area contributed by atoms with Crippen molar-refractivity contribution < 1.29 is 14.7 Å². The third kappa shape index (κ3) is 5.96. The summed E-state index contributed by atoms with van der Waals surface area (Å²) in [7, 11) is 0. The maximum absolute atomic E-state index is 8.95. The van der Waals surface area contributed by atoms with Crippen LogP contribution in [0.1, 0.15) is 42.6 Å².